The molecule has 0 spiro atoms. The van der Waals surface area contributed by atoms with E-state index in [0.717, 1.165) is 25.8 Å². The lowest BCUT2D eigenvalue weighted by Gasteiger charge is -2.09. The van der Waals surface area contributed by atoms with Crippen LogP contribution in [0.5, 0.6) is 0 Å². The summed E-state index contributed by atoms with van der Waals surface area (Å²) in [4.78, 5) is 24.9. The average Bonchev–Trinajstić information content (AvgIpc) is 3.14. The minimum atomic E-state index is -0.604. The number of hydrogen-bond acceptors (Lipinski definition) is 5. The molecule has 7 heteroatoms. The maximum absolute atomic E-state index is 12.5. The third-order valence-electron chi connectivity index (χ3n) is 4.73. The van der Waals surface area contributed by atoms with Crippen LogP contribution in [0.4, 0.5) is 0 Å². The van der Waals surface area contributed by atoms with Crippen molar-refractivity contribution in [2.24, 2.45) is 0 Å². The van der Waals surface area contributed by atoms with Gasteiger partial charge in [0.25, 0.3) is 5.91 Å². The molecule has 2 heterocycles. The van der Waals surface area contributed by atoms with Crippen LogP contribution in [0.15, 0.2) is 51.9 Å². The van der Waals surface area contributed by atoms with Gasteiger partial charge in [0.1, 0.15) is 17.7 Å². The van der Waals surface area contributed by atoms with Crippen molar-refractivity contribution in [3.05, 3.63) is 81.4 Å². The maximum atomic E-state index is 12.5. The van der Waals surface area contributed by atoms with Crippen LogP contribution in [0.25, 0.3) is 0 Å². The molecular formula is C22H26N4O3. The fourth-order valence-corrected chi connectivity index (χ4v) is 3.27. The Labute approximate surface area is 169 Å². The number of amides is 1. The fraction of sp³-hybridized carbons (Fsp3) is 0.364. The van der Waals surface area contributed by atoms with Gasteiger partial charge in [-0.15, -0.1) is 10.2 Å². The first-order valence-corrected chi connectivity index (χ1v) is 9.91. The molecule has 0 saturated carbocycles. The Hall–Kier alpha value is -3.22. The van der Waals surface area contributed by atoms with E-state index >= 15 is 0 Å². The molecule has 1 aromatic carbocycles. The Morgan fingerprint density at radius 1 is 1.21 bits per heavy atom. The van der Waals surface area contributed by atoms with E-state index in [-0.39, 0.29) is 12.1 Å². The summed E-state index contributed by atoms with van der Waals surface area (Å²) in [6.07, 6.45) is 4.99. The summed E-state index contributed by atoms with van der Waals surface area (Å²) in [7, 11) is 0. The molecule has 0 fully saturated rings. The summed E-state index contributed by atoms with van der Waals surface area (Å²) >= 11 is 0. The normalized spacial score (nSPS) is 10.8. The number of aromatic nitrogens is 3. The van der Waals surface area contributed by atoms with Crippen molar-refractivity contribution in [1.29, 1.82) is 0 Å². The first-order valence-electron chi connectivity index (χ1n) is 9.91. The molecule has 3 aromatic rings. The maximum Gasteiger partial charge on any atom is 0.349 e. The minimum absolute atomic E-state index is 0.0402. The van der Waals surface area contributed by atoms with Gasteiger partial charge in [0, 0.05) is 13.0 Å². The van der Waals surface area contributed by atoms with Crippen molar-refractivity contribution >= 4 is 5.91 Å². The Kier molecular flexibility index (Phi) is 6.94. The molecule has 0 radical (unpaired) electrons. The van der Waals surface area contributed by atoms with E-state index in [9.17, 15) is 9.59 Å². The van der Waals surface area contributed by atoms with Crippen molar-refractivity contribution in [3.63, 3.8) is 0 Å². The van der Waals surface area contributed by atoms with Crippen LogP contribution in [0.3, 0.4) is 0 Å². The average molecular weight is 394 g/mol. The van der Waals surface area contributed by atoms with Crippen LogP contribution in [0, 0.1) is 6.92 Å². The van der Waals surface area contributed by atoms with Crippen molar-refractivity contribution in [3.8, 4) is 0 Å². The number of rotatable bonds is 9. The minimum Gasteiger partial charge on any atom is -0.427 e. The van der Waals surface area contributed by atoms with Gasteiger partial charge < -0.3 is 14.3 Å². The van der Waals surface area contributed by atoms with Gasteiger partial charge in [-0.25, -0.2) is 4.79 Å². The largest absolute Gasteiger partial charge is 0.427 e. The van der Waals surface area contributed by atoms with Crippen molar-refractivity contribution in [2.45, 2.75) is 52.6 Å². The molecule has 152 valence electrons. The lowest BCUT2D eigenvalue weighted by molar-refractivity contribution is 0.0944. The molecule has 7 nitrogen and oxygen atoms in total. The molecule has 0 aliphatic carbocycles. The number of benzene rings is 1. The van der Waals surface area contributed by atoms with Gasteiger partial charge >= 0.3 is 5.63 Å². The quantitative estimate of drug-likeness (QED) is 0.602. The van der Waals surface area contributed by atoms with E-state index in [4.69, 9.17) is 4.42 Å². The smallest absolute Gasteiger partial charge is 0.349 e. The number of nitrogens with zero attached hydrogens (tertiary/aromatic N) is 3. The summed E-state index contributed by atoms with van der Waals surface area (Å²) in [5, 5.41) is 10.6. The van der Waals surface area contributed by atoms with Crippen molar-refractivity contribution in [2.75, 3.05) is 0 Å². The van der Waals surface area contributed by atoms with Crippen LogP contribution in [-0.4, -0.2) is 20.7 Å². The zero-order valence-corrected chi connectivity index (χ0v) is 16.9. The van der Waals surface area contributed by atoms with Gasteiger partial charge in [0.15, 0.2) is 5.82 Å². The van der Waals surface area contributed by atoms with Crippen LogP contribution < -0.4 is 10.9 Å². The van der Waals surface area contributed by atoms with E-state index in [1.807, 2.05) is 22.8 Å². The third-order valence-corrected chi connectivity index (χ3v) is 4.73. The first kappa shape index (κ1) is 20.5. The molecule has 0 bridgehead atoms. The number of carbonyl (C=O) groups excluding carboxylic acids is 1. The highest BCUT2D eigenvalue weighted by Crippen LogP contribution is 2.11. The SMILES string of the molecule is CCCn1cnnc1CNC(=O)c1c(C)cc(CCCc2ccccc2)oc1=O. The lowest BCUT2D eigenvalue weighted by atomic mass is 10.1. The molecule has 0 saturated heterocycles. The highest BCUT2D eigenvalue weighted by Gasteiger charge is 2.17. The molecule has 0 atom stereocenters. The summed E-state index contributed by atoms with van der Waals surface area (Å²) in [6.45, 7) is 4.79. The standard InChI is InChI=1S/C22H26N4O3/c1-3-12-26-15-24-25-19(26)14-23-21(27)20-16(2)13-18(29-22(20)28)11-7-10-17-8-5-4-6-9-17/h4-6,8-9,13,15H,3,7,10-12,14H2,1-2H3,(H,23,27). The summed E-state index contributed by atoms with van der Waals surface area (Å²) in [6, 6.07) is 12.0. The molecule has 0 unspecified atom stereocenters. The zero-order chi connectivity index (χ0) is 20.6. The number of aryl methyl sites for hydroxylation is 4. The van der Waals surface area contributed by atoms with E-state index in [0.29, 0.717) is 23.6 Å². The predicted octanol–water partition coefficient (Wildman–Crippen LogP) is 3.06. The van der Waals surface area contributed by atoms with Gasteiger partial charge in [-0.3, -0.25) is 4.79 Å². The van der Waals surface area contributed by atoms with Crippen LogP contribution in [0.2, 0.25) is 0 Å². The second kappa shape index (κ2) is 9.82. The Morgan fingerprint density at radius 2 is 2.00 bits per heavy atom. The van der Waals surface area contributed by atoms with Gasteiger partial charge in [0.05, 0.1) is 6.54 Å². The van der Waals surface area contributed by atoms with Gasteiger partial charge in [0.2, 0.25) is 0 Å². The molecule has 3 rings (SSSR count). The van der Waals surface area contributed by atoms with E-state index in [2.05, 4.69) is 34.6 Å². The molecule has 1 amide bonds. The Morgan fingerprint density at radius 3 is 2.72 bits per heavy atom. The highest BCUT2D eigenvalue weighted by atomic mass is 16.4. The summed E-state index contributed by atoms with van der Waals surface area (Å²) in [5.74, 6) is 0.792. The molecule has 0 aliphatic rings. The van der Waals surface area contributed by atoms with E-state index in [1.165, 1.54) is 5.56 Å². The molecular weight excluding hydrogens is 368 g/mol. The number of hydrogen-bond donors (Lipinski definition) is 1. The molecule has 29 heavy (non-hydrogen) atoms. The van der Waals surface area contributed by atoms with Gasteiger partial charge in [-0.05, 0) is 43.4 Å². The Balaban J connectivity index is 1.61. The number of nitrogens with one attached hydrogen (secondary N) is 1. The molecule has 0 aliphatic heterocycles. The summed E-state index contributed by atoms with van der Waals surface area (Å²) in [5.41, 5.74) is 1.30. The fourth-order valence-electron chi connectivity index (χ4n) is 3.27. The topological polar surface area (TPSA) is 90.0 Å². The van der Waals surface area contributed by atoms with Crippen molar-refractivity contribution in [1.82, 2.24) is 20.1 Å². The van der Waals surface area contributed by atoms with Crippen molar-refractivity contribution < 1.29 is 9.21 Å². The van der Waals surface area contributed by atoms with Gasteiger partial charge in [-0.1, -0.05) is 37.3 Å². The Bertz CT molecular complexity index is 1010. The van der Waals surface area contributed by atoms with Crippen LogP contribution >= 0.6 is 0 Å². The summed E-state index contributed by atoms with van der Waals surface area (Å²) < 4.78 is 7.28. The molecule has 1 N–H and O–H groups in total. The van der Waals surface area contributed by atoms with Gasteiger partial charge in [-0.2, -0.15) is 0 Å². The second-order valence-electron chi connectivity index (χ2n) is 7.02. The third kappa shape index (κ3) is 5.40. The van der Waals surface area contributed by atoms with Crippen LogP contribution in [-0.2, 0) is 25.9 Å². The van der Waals surface area contributed by atoms with E-state index in [1.54, 1.807) is 19.3 Å². The van der Waals surface area contributed by atoms with E-state index < -0.39 is 11.5 Å². The highest BCUT2D eigenvalue weighted by molar-refractivity contribution is 5.94. The molecule has 2 aromatic heterocycles. The van der Waals surface area contributed by atoms with Crippen LogP contribution in [0.1, 0.15) is 52.8 Å². The zero-order valence-electron chi connectivity index (χ0n) is 16.9. The first-order chi connectivity index (χ1) is 14.1. The number of carbonyl (C=O) groups is 1. The lowest BCUT2D eigenvalue weighted by Crippen LogP contribution is -2.30. The predicted molar refractivity (Wildman–Crippen MR) is 110 cm³/mol. The monoisotopic (exact) mass is 394 g/mol. The second-order valence-corrected chi connectivity index (χ2v) is 7.02.